The van der Waals surface area contributed by atoms with Crippen LogP contribution in [0.15, 0.2) is 5.10 Å². The van der Waals surface area contributed by atoms with Crippen molar-refractivity contribution in [2.75, 3.05) is 6.54 Å². The summed E-state index contributed by atoms with van der Waals surface area (Å²) >= 11 is 1.69. The zero-order chi connectivity index (χ0) is 9.35. The summed E-state index contributed by atoms with van der Waals surface area (Å²) in [7, 11) is 0. The molecule has 1 rings (SSSR count). The highest BCUT2D eigenvalue weighted by Crippen LogP contribution is 2.29. The van der Waals surface area contributed by atoms with Crippen LogP contribution >= 0.6 is 22.6 Å². The molecule has 0 aromatic heterocycles. The van der Waals surface area contributed by atoms with Gasteiger partial charge in [0, 0.05) is 6.54 Å². The molecule has 0 saturated heterocycles. The minimum absolute atomic E-state index is 0.261. The summed E-state index contributed by atoms with van der Waals surface area (Å²) in [4.78, 5) is 0.261. The van der Waals surface area contributed by atoms with Gasteiger partial charge >= 0.3 is 6.30 Å². The van der Waals surface area contributed by atoms with Gasteiger partial charge in [-0.15, -0.1) is 13.2 Å². The van der Waals surface area contributed by atoms with Crippen LogP contribution in [0.1, 0.15) is 6.92 Å². The molecule has 0 aromatic carbocycles. The second kappa shape index (κ2) is 3.27. The maximum atomic E-state index is 12.1. The number of rotatable bonds is 1. The van der Waals surface area contributed by atoms with E-state index in [0.29, 0.717) is 6.54 Å². The van der Waals surface area contributed by atoms with E-state index in [1.807, 2.05) is 0 Å². The molecular weight excluding hydrogens is 286 g/mol. The van der Waals surface area contributed by atoms with Gasteiger partial charge in [-0.2, -0.15) is 5.10 Å². The Balaban J connectivity index is 2.68. The van der Waals surface area contributed by atoms with Crippen LogP contribution in [0, 0.1) is 0 Å². The van der Waals surface area contributed by atoms with E-state index in [1.54, 1.807) is 29.5 Å². The van der Waals surface area contributed by atoms with E-state index in [1.165, 1.54) is 5.01 Å². The molecule has 0 saturated carbocycles. The molecule has 1 aliphatic heterocycles. The number of hydrogen-bond acceptors (Lipinski definition) is 3. The topological polar surface area (TPSA) is 18.8 Å². The van der Waals surface area contributed by atoms with Gasteiger partial charge in [0.1, 0.15) is 6.34 Å². The van der Waals surface area contributed by atoms with Crippen molar-refractivity contribution in [1.82, 2.24) is 9.91 Å². The molecule has 0 aliphatic carbocycles. The van der Waals surface area contributed by atoms with Gasteiger partial charge in [0.15, 0.2) is 4.17 Å². The Labute approximate surface area is 81.3 Å². The van der Waals surface area contributed by atoms with Crippen molar-refractivity contribution < 1.29 is 13.2 Å². The first-order valence-corrected chi connectivity index (χ1v) is 4.51. The maximum Gasteiger partial charge on any atom is 0.488 e. The fourth-order valence-electron chi connectivity index (χ4n) is 0.794. The SMILES string of the molecule is CCN1N=CN(C(F)(F)F)C1I. The molecule has 1 atom stereocenters. The second-order valence-corrected chi connectivity index (χ2v) is 3.29. The van der Waals surface area contributed by atoms with E-state index in [0.717, 1.165) is 6.34 Å². The van der Waals surface area contributed by atoms with E-state index in [4.69, 9.17) is 0 Å². The Morgan fingerprint density at radius 3 is 2.42 bits per heavy atom. The van der Waals surface area contributed by atoms with Crippen molar-refractivity contribution in [3.8, 4) is 0 Å². The van der Waals surface area contributed by atoms with Crippen molar-refractivity contribution in [3.05, 3.63) is 0 Å². The zero-order valence-electron chi connectivity index (χ0n) is 6.22. The average Bonchev–Trinajstić information content (AvgIpc) is 2.29. The van der Waals surface area contributed by atoms with Gasteiger partial charge in [0.05, 0.1) is 0 Å². The normalized spacial score (nSPS) is 23.9. The molecule has 0 bridgehead atoms. The number of hydrazone groups is 1. The van der Waals surface area contributed by atoms with Crippen molar-refractivity contribution in [3.63, 3.8) is 0 Å². The van der Waals surface area contributed by atoms with Gasteiger partial charge in [-0.25, -0.2) is 4.90 Å². The summed E-state index contributed by atoms with van der Waals surface area (Å²) in [5.41, 5.74) is 0. The molecule has 1 unspecified atom stereocenters. The average molecular weight is 293 g/mol. The third-order valence-electron chi connectivity index (χ3n) is 1.42. The highest BCUT2D eigenvalue weighted by Gasteiger charge is 2.43. The molecule has 0 radical (unpaired) electrons. The molecule has 1 heterocycles. The van der Waals surface area contributed by atoms with Crippen LogP contribution in [0.2, 0.25) is 0 Å². The van der Waals surface area contributed by atoms with Crippen molar-refractivity contribution in [2.45, 2.75) is 17.4 Å². The fourth-order valence-corrected chi connectivity index (χ4v) is 1.79. The number of alkyl halides is 4. The van der Waals surface area contributed by atoms with Crippen LogP contribution in [0.3, 0.4) is 0 Å². The smallest absolute Gasteiger partial charge is 0.264 e. The highest BCUT2D eigenvalue weighted by molar-refractivity contribution is 14.1. The first-order valence-electron chi connectivity index (χ1n) is 3.26. The van der Waals surface area contributed by atoms with Crippen molar-refractivity contribution >= 4 is 28.9 Å². The molecule has 0 spiro atoms. The van der Waals surface area contributed by atoms with Gasteiger partial charge in [-0.3, -0.25) is 5.01 Å². The lowest BCUT2D eigenvalue weighted by molar-refractivity contribution is -0.222. The minimum Gasteiger partial charge on any atom is -0.264 e. The Hall–Kier alpha value is -0.210. The first kappa shape index (κ1) is 9.87. The maximum absolute atomic E-state index is 12.1. The van der Waals surface area contributed by atoms with Crippen LogP contribution < -0.4 is 0 Å². The Morgan fingerprint density at radius 1 is 1.58 bits per heavy atom. The van der Waals surface area contributed by atoms with E-state index in [2.05, 4.69) is 5.10 Å². The Bertz CT molecular complexity index is 193. The molecule has 0 amide bonds. The Kier molecular flexibility index (Phi) is 2.69. The summed E-state index contributed by atoms with van der Waals surface area (Å²) in [6.45, 7) is 2.22. The quantitative estimate of drug-likeness (QED) is 0.417. The Morgan fingerprint density at radius 2 is 2.17 bits per heavy atom. The van der Waals surface area contributed by atoms with Crippen LogP contribution in [-0.4, -0.2) is 33.3 Å². The van der Waals surface area contributed by atoms with Crippen LogP contribution in [-0.2, 0) is 0 Å². The number of halogens is 4. The highest BCUT2D eigenvalue weighted by atomic mass is 127. The van der Waals surface area contributed by atoms with E-state index in [9.17, 15) is 13.2 Å². The molecule has 1 aliphatic rings. The van der Waals surface area contributed by atoms with Crippen molar-refractivity contribution in [2.24, 2.45) is 5.10 Å². The lowest BCUT2D eigenvalue weighted by Crippen LogP contribution is -2.43. The number of hydrogen-bond donors (Lipinski definition) is 0. The minimum atomic E-state index is -4.33. The predicted octanol–water partition coefficient (Wildman–Crippen LogP) is 1.81. The predicted molar refractivity (Wildman–Crippen MR) is 46.6 cm³/mol. The standard InChI is InChI=1S/C5H7F3IN3/c1-2-12-4(9)11(3-10-12)5(6,7)8/h3-4H,2H2,1H3. The summed E-state index contributed by atoms with van der Waals surface area (Å²) in [5.74, 6) is 0. The summed E-state index contributed by atoms with van der Waals surface area (Å²) in [6.07, 6.45) is -3.53. The van der Waals surface area contributed by atoms with Crippen LogP contribution in [0.4, 0.5) is 13.2 Å². The van der Waals surface area contributed by atoms with Gasteiger partial charge in [-0.1, -0.05) is 0 Å². The van der Waals surface area contributed by atoms with Gasteiger partial charge in [0.25, 0.3) is 0 Å². The van der Waals surface area contributed by atoms with Crippen LogP contribution in [0.5, 0.6) is 0 Å². The first-order chi connectivity index (χ1) is 5.46. The van der Waals surface area contributed by atoms with E-state index < -0.39 is 10.5 Å². The fraction of sp³-hybridized carbons (Fsp3) is 0.800. The molecule has 0 N–H and O–H groups in total. The third-order valence-corrected chi connectivity index (χ3v) is 2.66. The van der Waals surface area contributed by atoms with Crippen LogP contribution in [0.25, 0.3) is 0 Å². The second-order valence-electron chi connectivity index (χ2n) is 2.17. The monoisotopic (exact) mass is 293 g/mol. The summed E-state index contributed by atoms with van der Waals surface area (Å²) < 4.78 is 35.6. The zero-order valence-corrected chi connectivity index (χ0v) is 8.37. The van der Waals surface area contributed by atoms with Crippen molar-refractivity contribution in [1.29, 1.82) is 0 Å². The molecule has 7 heteroatoms. The molecule has 0 aromatic rings. The van der Waals surface area contributed by atoms with Gasteiger partial charge in [0.2, 0.25) is 0 Å². The lowest BCUT2D eigenvalue weighted by Gasteiger charge is -2.26. The lowest BCUT2D eigenvalue weighted by atomic mass is 10.7. The summed E-state index contributed by atoms with van der Waals surface area (Å²) in [5, 5.41) is 4.95. The molecule has 0 fully saturated rings. The van der Waals surface area contributed by atoms with E-state index in [-0.39, 0.29) is 4.90 Å². The third kappa shape index (κ3) is 1.75. The molecular formula is C5H7F3IN3. The molecule has 3 nitrogen and oxygen atoms in total. The van der Waals surface area contributed by atoms with E-state index >= 15 is 0 Å². The number of nitrogens with zero attached hydrogens (tertiary/aromatic N) is 3. The largest absolute Gasteiger partial charge is 0.488 e. The summed E-state index contributed by atoms with van der Waals surface area (Å²) in [6, 6.07) is 0. The molecule has 70 valence electrons. The molecule has 12 heavy (non-hydrogen) atoms. The van der Waals surface area contributed by atoms with Gasteiger partial charge < -0.3 is 0 Å². The van der Waals surface area contributed by atoms with Gasteiger partial charge in [-0.05, 0) is 29.5 Å².